The summed E-state index contributed by atoms with van der Waals surface area (Å²) < 4.78 is 11.4. The van der Waals surface area contributed by atoms with Crippen molar-refractivity contribution in [3.63, 3.8) is 0 Å². The van der Waals surface area contributed by atoms with Gasteiger partial charge in [-0.1, -0.05) is 69.7 Å². The third kappa shape index (κ3) is 9.10. The van der Waals surface area contributed by atoms with Crippen LogP contribution in [0.5, 0.6) is 11.5 Å². The molecule has 0 aromatic heterocycles. The van der Waals surface area contributed by atoms with Crippen LogP contribution < -0.4 is 4.74 Å². The Morgan fingerprint density at radius 1 is 1.00 bits per heavy atom. The molecule has 7 heteroatoms. The van der Waals surface area contributed by atoms with Crippen molar-refractivity contribution in [2.24, 2.45) is 5.92 Å². The number of imide groups is 1. The maximum absolute atomic E-state index is 13.5. The summed E-state index contributed by atoms with van der Waals surface area (Å²) in [5, 5.41) is 10.8. The number of phenolic OH excluding ortho intramolecular Hbond substituents is 1. The van der Waals surface area contributed by atoms with Crippen LogP contribution in [0.1, 0.15) is 65.5 Å². The molecule has 1 atom stereocenters. The highest BCUT2D eigenvalue weighted by Gasteiger charge is 2.31. The molecule has 3 amide bonds. The Hall–Kier alpha value is -3.22. The maximum atomic E-state index is 13.5. The number of carbonyl (C=O) groups excluding carboxylic acids is 2. The van der Waals surface area contributed by atoms with E-state index in [-0.39, 0.29) is 17.7 Å². The highest BCUT2D eigenvalue weighted by molar-refractivity contribution is 5.91. The highest BCUT2D eigenvalue weighted by Crippen LogP contribution is 2.31. The van der Waals surface area contributed by atoms with E-state index in [9.17, 15) is 14.7 Å². The number of phenols is 1. The smallest absolute Gasteiger partial charge is 0.418 e. The molecule has 0 saturated carbocycles. The van der Waals surface area contributed by atoms with Crippen molar-refractivity contribution in [1.82, 2.24) is 9.80 Å². The van der Waals surface area contributed by atoms with E-state index < -0.39 is 11.7 Å². The minimum Gasteiger partial charge on any atom is -0.504 e. The lowest BCUT2D eigenvalue weighted by atomic mass is 10.1. The minimum atomic E-state index is -0.702. The fourth-order valence-electron chi connectivity index (χ4n) is 3.61. The van der Waals surface area contributed by atoms with E-state index >= 15 is 0 Å². The molecule has 198 valence electrons. The second-order valence-corrected chi connectivity index (χ2v) is 10.2. The van der Waals surface area contributed by atoms with Crippen molar-refractivity contribution in [2.75, 3.05) is 19.6 Å². The van der Waals surface area contributed by atoms with Crippen molar-refractivity contribution in [1.29, 1.82) is 0 Å². The van der Waals surface area contributed by atoms with Crippen molar-refractivity contribution in [3.05, 3.63) is 59.7 Å². The lowest BCUT2D eigenvalue weighted by molar-refractivity contribution is 0.0262. The standard InChI is InChI=1S/C29H42N2O5/c1-7-18-30(27(33)31(20-22(3)8-2)28(34)36-29(4,5)6)19-17-24-15-12-16-25(26(24)32)35-21-23-13-10-9-11-14-23/h9-16,22,32H,7-8,17-21H2,1-6H3. The van der Waals surface area contributed by atoms with Crippen LogP contribution in [0.15, 0.2) is 48.5 Å². The van der Waals surface area contributed by atoms with E-state index in [0.717, 1.165) is 18.4 Å². The molecule has 0 aliphatic carbocycles. The molecule has 2 rings (SSSR count). The summed E-state index contributed by atoms with van der Waals surface area (Å²) in [6, 6.07) is 14.8. The molecule has 0 heterocycles. The van der Waals surface area contributed by atoms with E-state index in [2.05, 4.69) is 0 Å². The van der Waals surface area contributed by atoms with Crippen molar-refractivity contribution < 1.29 is 24.2 Å². The normalized spacial score (nSPS) is 12.1. The number of carbonyl (C=O) groups is 2. The summed E-state index contributed by atoms with van der Waals surface area (Å²) in [4.78, 5) is 29.3. The lowest BCUT2D eigenvalue weighted by Crippen LogP contribution is -2.50. The van der Waals surface area contributed by atoms with Gasteiger partial charge in [-0.2, -0.15) is 0 Å². The molecule has 2 aromatic rings. The highest BCUT2D eigenvalue weighted by atomic mass is 16.6. The van der Waals surface area contributed by atoms with Gasteiger partial charge >= 0.3 is 12.1 Å². The zero-order valence-electron chi connectivity index (χ0n) is 22.6. The van der Waals surface area contributed by atoms with Crippen LogP contribution in [0.25, 0.3) is 0 Å². The van der Waals surface area contributed by atoms with Crippen LogP contribution in [-0.2, 0) is 17.8 Å². The first-order chi connectivity index (χ1) is 17.1. The summed E-state index contributed by atoms with van der Waals surface area (Å²) in [5.74, 6) is 0.616. The molecule has 0 saturated heterocycles. The van der Waals surface area contributed by atoms with Crippen LogP contribution in [0.4, 0.5) is 9.59 Å². The fraction of sp³-hybridized carbons (Fsp3) is 0.517. The van der Waals surface area contributed by atoms with E-state index in [1.54, 1.807) is 31.7 Å². The van der Waals surface area contributed by atoms with Crippen molar-refractivity contribution in [2.45, 2.75) is 73.0 Å². The molecule has 36 heavy (non-hydrogen) atoms. The van der Waals surface area contributed by atoms with Gasteiger partial charge in [-0.3, -0.25) is 0 Å². The quantitative estimate of drug-likeness (QED) is 0.376. The van der Waals surface area contributed by atoms with E-state index in [1.165, 1.54) is 4.90 Å². The van der Waals surface area contributed by atoms with Crippen LogP contribution >= 0.6 is 0 Å². The Kier molecular flexibility index (Phi) is 11.1. The number of aromatic hydroxyl groups is 1. The molecule has 0 aliphatic heterocycles. The lowest BCUT2D eigenvalue weighted by Gasteiger charge is -2.32. The van der Waals surface area contributed by atoms with E-state index in [0.29, 0.717) is 44.0 Å². The zero-order chi connectivity index (χ0) is 26.7. The van der Waals surface area contributed by atoms with Gasteiger partial charge in [0.1, 0.15) is 12.2 Å². The monoisotopic (exact) mass is 498 g/mol. The molecular weight excluding hydrogens is 456 g/mol. The van der Waals surface area contributed by atoms with Crippen molar-refractivity contribution >= 4 is 12.1 Å². The van der Waals surface area contributed by atoms with Gasteiger partial charge < -0.3 is 19.5 Å². The van der Waals surface area contributed by atoms with Gasteiger partial charge in [0, 0.05) is 19.6 Å². The third-order valence-corrected chi connectivity index (χ3v) is 5.77. The molecule has 1 N–H and O–H groups in total. The molecule has 7 nitrogen and oxygen atoms in total. The van der Waals surface area contributed by atoms with Crippen LogP contribution in [-0.4, -0.2) is 52.3 Å². The fourth-order valence-corrected chi connectivity index (χ4v) is 3.61. The molecule has 0 aliphatic rings. The number of hydrogen-bond donors (Lipinski definition) is 1. The Morgan fingerprint density at radius 3 is 2.31 bits per heavy atom. The first-order valence-electron chi connectivity index (χ1n) is 12.8. The van der Waals surface area contributed by atoms with E-state index in [4.69, 9.17) is 9.47 Å². The number of amides is 3. The number of ether oxygens (including phenoxy) is 2. The summed E-state index contributed by atoms with van der Waals surface area (Å²) >= 11 is 0. The van der Waals surface area contributed by atoms with Gasteiger partial charge in [0.2, 0.25) is 0 Å². The Morgan fingerprint density at radius 2 is 1.69 bits per heavy atom. The molecule has 2 aromatic carbocycles. The molecule has 0 spiro atoms. The number of benzene rings is 2. The van der Waals surface area contributed by atoms with Gasteiger partial charge in [-0.15, -0.1) is 0 Å². The second-order valence-electron chi connectivity index (χ2n) is 10.2. The third-order valence-electron chi connectivity index (χ3n) is 5.77. The average Bonchev–Trinajstić information content (AvgIpc) is 2.84. The summed E-state index contributed by atoms with van der Waals surface area (Å²) in [6.07, 6.45) is 1.37. The Balaban J connectivity index is 2.15. The molecular formula is C29H42N2O5. The largest absolute Gasteiger partial charge is 0.504 e. The number of para-hydroxylation sites is 1. The SMILES string of the molecule is CCCN(CCc1cccc(OCc2ccccc2)c1O)C(=O)N(CC(C)CC)C(=O)OC(C)(C)C. The predicted octanol–water partition coefficient (Wildman–Crippen LogP) is 6.63. The first-order valence-corrected chi connectivity index (χ1v) is 12.8. The van der Waals surface area contributed by atoms with Gasteiger partial charge in [-0.25, -0.2) is 14.5 Å². The summed E-state index contributed by atoms with van der Waals surface area (Å²) in [7, 11) is 0. The van der Waals surface area contributed by atoms with E-state index in [1.807, 2.05) is 63.2 Å². The Labute approximate surface area is 216 Å². The number of urea groups is 1. The average molecular weight is 499 g/mol. The van der Waals surface area contributed by atoms with Gasteiger partial charge in [0.15, 0.2) is 11.5 Å². The number of rotatable bonds is 11. The van der Waals surface area contributed by atoms with Gasteiger partial charge in [0.05, 0.1) is 0 Å². The second kappa shape index (κ2) is 13.8. The zero-order valence-corrected chi connectivity index (χ0v) is 22.6. The Bertz CT molecular complexity index is 971. The van der Waals surface area contributed by atoms with Gasteiger partial charge in [0.25, 0.3) is 0 Å². The van der Waals surface area contributed by atoms with Gasteiger partial charge in [-0.05, 0) is 56.7 Å². The topological polar surface area (TPSA) is 79.3 Å². The van der Waals surface area contributed by atoms with Crippen LogP contribution in [0.2, 0.25) is 0 Å². The summed E-state index contributed by atoms with van der Waals surface area (Å²) in [6.45, 7) is 12.9. The maximum Gasteiger partial charge on any atom is 0.418 e. The predicted molar refractivity (Wildman–Crippen MR) is 142 cm³/mol. The summed E-state index contributed by atoms with van der Waals surface area (Å²) in [5.41, 5.74) is 0.984. The molecule has 0 bridgehead atoms. The number of hydrogen-bond acceptors (Lipinski definition) is 5. The molecule has 0 radical (unpaired) electrons. The minimum absolute atomic E-state index is 0.0703. The number of nitrogens with zero attached hydrogens (tertiary/aromatic N) is 2. The molecule has 1 unspecified atom stereocenters. The van der Waals surface area contributed by atoms with Crippen molar-refractivity contribution in [3.8, 4) is 11.5 Å². The van der Waals surface area contributed by atoms with Crippen LogP contribution in [0, 0.1) is 5.92 Å². The molecule has 0 fully saturated rings. The van der Waals surface area contributed by atoms with Crippen LogP contribution in [0.3, 0.4) is 0 Å². The first kappa shape index (κ1) is 29.0.